The highest BCUT2D eigenvalue weighted by Crippen LogP contribution is 2.60. The molecule has 1 spiro atoms. The predicted molar refractivity (Wildman–Crippen MR) is 252 cm³/mol. The normalized spacial score (nSPS) is 15.5. The van der Waals surface area contributed by atoms with Crippen LogP contribution in [-0.4, -0.2) is 4.57 Å². The Balaban J connectivity index is 1.11. The summed E-state index contributed by atoms with van der Waals surface area (Å²) in [6.07, 6.45) is 4.25. The zero-order valence-corrected chi connectivity index (χ0v) is 33.4. The number of rotatable bonds is 7. The van der Waals surface area contributed by atoms with Crippen molar-refractivity contribution in [2.45, 2.75) is 31.1 Å². The highest BCUT2D eigenvalue weighted by molar-refractivity contribution is 6.10. The Kier molecular flexibility index (Phi) is 8.02. The van der Waals surface area contributed by atoms with E-state index in [4.69, 9.17) is 0 Å². The predicted octanol–water partition coefficient (Wildman–Crippen LogP) is 15.1. The van der Waals surface area contributed by atoms with Gasteiger partial charge in [-0.05, 0) is 138 Å². The zero-order valence-electron chi connectivity index (χ0n) is 33.4. The van der Waals surface area contributed by atoms with Gasteiger partial charge in [-0.1, -0.05) is 133 Å². The fourth-order valence-corrected chi connectivity index (χ4v) is 10.8. The van der Waals surface area contributed by atoms with Crippen LogP contribution in [0.25, 0.3) is 38.3 Å². The molecule has 0 amide bonds. The van der Waals surface area contributed by atoms with E-state index in [0.29, 0.717) is 0 Å². The van der Waals surface area contributed by atoms with E-state index in [2.05, 4.69) is 227 Å². The Bertz CT molecular complexity index is 3180. The minimum Gasteiger partial charge on any atom is -0.310 e. The lowest BCUT2D eigenvalue weighted by molar-refractivity contribution is 0.508. The number of hydrogen-bond donors (Lipinski definition) is 0. The summed E-state index contributed by atoms with van der Waals surface area (Å²) >= 11 is 0. The van der Waals surface area contributed by atoms with Crippen LogP contribution in [0.1, 0.15) is 35.1 Å². The Hall–Kier alpha value is -7.36. The smallest absolute Gasteiger partial charge is 0.0561 e. The second kappa shape index (κ2) is 13.9. The maximum Gasteiger partial charge on any atom is 0.0561 e. The van der Waals surface area contributed by atoms with Gasteiger partial charge in [0.05, 0.1) is 22.4 Å². The van der Waals surface area contributed by atoms with Crippen LogP contribution in [0.5, 0.6) is 0 Å². The van der Waals surface area contributed by atoms with Crippen LogP contribution in [0.2, 0.25) is 0 Å². The van der Waals surface area contributed by atoms with Gasteiger partial charge in [0, 0.05) is 44.6 Å². The first-order chi connectivity index (χ1) is 29.7. The third-order valence-electron chi connectivity index (χ3n) is 13.3. The monoisotopic (exact) mass is 769 g/mol. The van der Waals surface area contributed by atoms with Crippen molar-refractivity contribution in [3.63, 3.8) is 0 Å². The molecule has 286 valence electrons. The molecule has 0 aliphatic heterocycles. The highest BCUT2D eigenvalue weighted by Gasteiger charge is 2.49. The third kappa shape index (κ3) is 5.36. The molecular weight excluding hydrogens is 727 g/mol. The summed E-state index contributed by atoms with van der Waals surface area (Å²) in [5.74, 6) is 0. The fraction of sp³-hybridized carbons (Fsp3) is 0.0877. The molecule has 2 aliphatic rings. The second-order valence-corrected chi connectivity index (χ2v) is 16.5. The maximum atomic E-state index is 2.57. The van der Waals surface area contributed by atoms with E-state index in [1.165, 1.54) is 77.6 Å². The van der Waals surface area contributed by atoms with Crippen LogP contribution in [0.4, 0.5) is 34.1 Å². The van der Waals surface area contributed by atoms with Crippen molar-refractivity contribution in [3.8, 4) is 5.69 Å². The lowest BCUT2D eigenvalue weighted by Crippen LogP contribution is -2.27. The van der Waals surface area contributed by atoms with E-state index in [-0.39, 0.29) is 5.41 Å². The van der Waals surface area contributed by atoms with Gasteiger partial charge in [0.2, 0.25) is 0 Å². The Morgan fingerprint density at radius 3 is 1.55 bits per heavy atom. The Labute approximate surface area is 351 Å². The lowest BCUT2D eigenvalue weighted by atomic mass is 9.74. The fourth-order valence-electron chi connectivity index (χ4n) is 10.8. The van der Waals surface area contributed by atoms with Gasteiger partial charge < -0.3 is 14.4 Å². The first-order valence-electron chi connectivity index (χ1n) is 21.3. The van der Waals surface area contributed by atoms with E-state index in [0.717, 1.165) is 42.7 Å². The van der Waals surface area contributed by atoms with Gasteiger partial charge in [0.1, 0.15) is 0 Å². The number of anilines is 6. The van der Waals surface area contributed by atoms with Crippen molar-refractivity contribution < 1.29 is 0 Å². The van der Waals surface area contributed by atoms with Crippen LogP contribution < -0.4 is 9.80 Å². The summed E-state index contributed by atoms with van der Waals surface area (Å²) in [4.78, 5) is 5.06. The molecule has 0 radical (unpaired) electrons. The van der Waals surface area contributed by atoms with E-state index in [1.807, 2.05) is 0 Å². The minimum atomic E-state index is -0.169. The molecule has 1 aromatic heterocycles. The molecule has 3 heteroatoms. The molecule has 0 bridgehead atoms. The molecule has 0 saturated heterocycles. The van der Waals surface area contributed by atoms with Crippen molar-refractivity contribution in [1.29, 1.82) is 0 Å². The SMILES string of the molecule is c1ccc(N(c2ccccc2)c2cccc3c2[C@@]2(CC3)CCc3cccc(N(c4ccc5ccccc5c4)c4ccc5c6ccccc6n(-c6ccccc6)c5c4)c32)cc1. The van der Waals surface area contributed by atoms with Gasteiger partial charge in [0.25, 0.3) is 0 Å². The van der Waals surface area contributed by atoms with E-state index < -0.39 is 0 Å². The van der Waals surface area contributed by atoms with E-state index >= 15 is 0 Å². The van der Waals surface area contributed by atoms with Gasteiger partial charge in [-0.2, -0.15) is 0 Å². The summed E-state index contributed by atoms with van der Waals surface area (Å²) in [6.45, 7) is 0. The molecule has 9 aromatic carbocycles. The summed E-state index contributed by atoms with van der Waals surface area (Å²) in [5, 5.41) is 4.99. The number of aromatic nitrogens is 1. The molecular formula is C57H43N3. The van der Waals surface area contributed by atoms with Crippen LogP contribution in [0, 0.1) is 0 Å². The number of para-hydroxylation sites is 4. The average Bonchev–Trinajstić information content (AvgIpc) is 4.00. The standard InChI is InChI=1S/C57H43N3/c1-4-20-44(21-5-1)58(45-22-6-2-7-23-45)52-28-14-18-41-34-36-57(55(41)52)37-35-42-19-15-29-53(56(42)57)59(47-31-30-40-16-10-11-17-43(40)38-47)48-32-33-50-49-26-12-13-27-51(49)60(54(50)39-48)46-24-8-3-9-25-46/h1-33,38-39H,34-37H2/t57-/m1/s1. The summed E-state index contributed by atoms with van der Waals surface area (Å²) in [6, 6.07) is 78.4. The zero-order chi connectivity index (χ0) is 39.6. The van der Waals surface area contributed by atoms with Gasteiger partial charge in [0.15, 0.2) is 0 Å². The minimum absolute atomic E-state index is 0.169. The van der Waals surface area contributed by atoms with Gasteiger partial charge in [-0.15, -0.1) is 0 Å². The van der Waals surface area contributed by atoms with Crippen molar-refractivity contribution in [2.75, 3.05) is 9.80 Å². The second-order valence-electron chi connectivity index (χ2n) is 16.5. The Morgan fingerprint density at radius 1 is 0.367 bits per heavy atom. The molecule has 0 fully saturated rings. The average molecular weight is 770 g/mol. The van der Waals surface area contributed by atoms with Crippen LogP contribution in [-0.2, 0) is 18.3 Å². The largest absolute Gasteiger partial charge is 0.310 e. The van der Waals surface area contributed by atoms with E-state index in [1.54, 1.807) is 0 Å². The molecule has 3 nitrogen and oxygen atoms in total. The van der Waals surface area contributed by atoms with Crippen molar-refractivity contribution >= 4 is 66.7 Å². The first-order valence-corrected chi connectivity index (χ1v) is 21.3. The molecule has 1 atom stereocenters. The molecule has 2 aliphatic carbocycles. The number of nitrogens with zero attached hydrogens (tertiary/aromatic N) is 3. The highest BCUT2D eigenvalue weighted by atomic mass is 15.2. The first kappa shape index (κ1) is 34.7. The number of fused-ring (bicyclic) bond motifs is 8. The number of hydrogen-bond acceptors (Lipinski definition) is 2. The molecule has 60 heavy (non-hydrogen) atoms. The maximum absolute atomic E-state index is 2.57. The van der Waals surface area contributed by atoms with Crippen molar-refractivity contribution in [2.24, 2.45) is 0 Å². The van der Waals surface area contributed by atoms with E-state index in [9.17, 15) is 0 Å². The summed E-state index contributed by atoms with van der Waals surface area (Å²) < 4.78 is 2.44. The molecule has 0 saturated carbocycles. The number of benzene rings is 9. The summed E-state index contributed by atoms with van der Waals surface area (Å²) in [5.41, 5.74) is 16.4. The number of aryl methyl sites for hydroxylation is 2. The quantitative estimate of drug-likeness (QED) is 0.160. The lowest BCUT2D eigenvalue weighted by Gasteiger charge is -2.37. The van der Waals surface area contributed by atoms with Gasteiger partial charge >= 0.3 is 0 Å². The molecule has 1 heterocycles. The molecule has 0 unspecified atom stereocenters. The van der Waals surface area contributed by atoms with Gasteiger partial charge in [-0.3, -0.25) is 0 Å². The van der Waals surface area contributed by atoms with Crippen molar-refractivity contribution in [1.82, 2.24) is 4.57 Å². The molecule has 10 aromatic rings. The van der Waals surface area contributed by atoms with Crippen LogP contribution >= 0.6 is 0 Å². The van der Waals surface area contributed by atoms with Crippen molar-refractivity contribution in [3.05, 3.63) is 235 Å². The third-order valence-corrected chi connectivity index (χ3v) is 13.3. The van der Waals surface area contributed by atoms with Crippen LogP contribution in [0.3, 0.4) is 0 Å². The summed E-state index contributed by atoms with van der Waals surface area (Å²) in [7, 11) is 0. The molecule has 0 N–H and O–H groups in total. The molecule has 12 rings (SSSR count). The topological polar surface area (TPSA) is 11.4 Å². The van der Waals surface area contributed by atoms with Gasteiger partial charge in [-0.25, -0.2) is 0 Å². The Morgan fingerprint density at radius 2 is 0.883 bits per heavy atom. The van der Waals surface area contributed by atoms with Crippen LogP contribution in [0.15, 0.2) is 212 Å².